The number of carbonyl (C=O) groups is 2. The van der Waals surface area contributed by atoms with Crippen LogP contribution in [0, 0.1) is 0 Å². The predicted molar refractivity (Wildman–Crippen MR) is 126 cm³/mol. The second-order valence-electron chi connectivity index (χ2n) is 7.45. The van der Waals surface area contributed by atoms with Crippen LogP contribution < -0.4 is 5.32 Å². The van der Waals surface area contributed by atoms with Crippen molar-refractivity contribution >= 4 is 23.4 Å². The number of amides is 1. The molecule has 0 saturated carbocycles. The van der Waals surface area contributed by atoms with E-state index >= 15 is 0 Å². The summed E-state index contributed by atoms with van der Waals surface area (Å²) in [6.07, 6.45) is -1.28. The molecule has 0 radical (unpaired) electrons. The van der Waals surface area contributed by atoms with E-state index in [2.05, 4.69) is 15.5 Å². The maximum absolute atomic E-state index is 13.0. The zero-order chi connectivity index (χ0) is 23.8. The van der Waals surface area contributed by atoms with Gasteiger partial charge in [0.1, 0.15) is 12.6 Å². The summed E-state index contributed by atoms with van der Waals surface area (Å²) in [5.74, 6) is -0.109. The van der Waals surface area contributed by atoms with Gasteiger partial charge in [0.05, 0.1) is 4.88 Å². The average molecular weight is 478 g/mol. The number of benzene rings is 2. The van der Waals surface area contributed by atoms with Crippen LogP contribution in [0.4, 0.5) is 4.79 Å². The Kier molecular flexibility index (Phi) is 7.67. The third-order valence-corrected chi connectivity index (χ3v) is 5.74. The van der Waals surface area contributed by atoms with E-state index in [-0.39, 0.29) is 18.9 Å². The Morgan fingerprint density at radius 2 is 1.68 bits per heavy atom. The number of esters is 1. The van der Waals surface area contributed by atoms with Crippen molar-refractivity contribution in [2.45, 2.75) is 32.1 Å². The molecule has 1 N–H and O–H groups in total. The van der Waals surface area contributed by atoms with Crippen LogP contribution in [0.5, 0.6) is 0 Å². The molecule has 174 valence electrons. The summed E-state index contributed by atoms with van der Waals surface area (Å²) in [7, 11) is 0. The van der Waals surface area contributed by atoms with Gasteiger partial charge >= 0.3 is 12.1 Å². The second-order valence-corrected chi connectivity index (χ2v) is 8.40. The fraction of sp³-hybridized carbons (Fsp3) is 0.200. The first-order valence-electron chi connectivity index (χ1n) is 10.7. The molecule has 0 aliphatic carbocycles. The first-order valence-corrected chi connectivity index (χ1v) is 11.6. The van der Waals surface area contributed by atoms with Gasteiger partial charge in [-0.2, -0.15) is 0 Å². The largest absolute Gasteiger partial charge is 0.451 e. The molecule has 2 aromatic heterocycles. The highest BCUT2D eigenvalue weighted by molar-refractivity contribution is 7.13. The summed E-state index contributed by atoms with van der Waals surface area (Å²) in [5.41, 5.74) is 1.70. The van der Waals surface area contributed by atoms with Crippen LogP contribution in [0.2, 0.25) is 0 Å². The summed E-state index contributed by atoms with van der Waals surface area (Å²) < 4.78 is 16.5. The predicted octanol–water partition coefficient (Wildman–Crippen LogP) is 4.94. The zero-order valence-corrected chi connectivity index (χ0v) is 19.2. The smallest absolute Gasteiger partial charge is 0.408 e. The summed E-state index contributed by atoms with van der Waals surface area (Å²) in [6, 6.07) is 21.4. The van der Waals surface area contributed by atoms with Crippen molar-refractivity contribution in [3.05, 3.63) is 95.2 Å². The van der Waals surface area contributed by atoms with Gasteiger partial charge in [-0.05, 0) is 29.5 Å². The highest BCUT2D eigenvalue weighted by Crippen LogP contribution is 2.26. The summed E-state index contributed by atoms with van der Waals surface area (Å²) in [4.78, 5) is 26.2. The minimum absolute atomic E-state index is 0.0870. The minimum Gasteiger partial charge on any atom is -0.451 e. The van der Waals surface area contributed by atoms with Crippen LogP contribution in [-0.2, 0) is 27.3 Å². The van der Waals surface area contributed by atoms with Crippen molar-refractivity contribution in [1.82, 2.24) is 15.5 Å². The molecule has 1 amide bonds. The van der Waals surface area contributed by atoms with E-state index < -0.39 is 24.2 Å². The zero-order valence-electron chi connectivity index (χ0n) is 18.4. The summed E-state index contributed by atoms with van der Waals surface area (Å²) >= 11 is 1.47. The van der Waals surface area contributed by atoms with Crippen molar-refractivity contribution < 1.29 is 23.5 Å². The van der Waals surface area contributed by atoms with E-state index in [1.165, 1.54) is 11.3 Å². The molecular weight excluding hydrogens is 454 g/mol. The van der Waals surface area contributed by atoms with Gasteiger partial charge in [0, 0.05) is 6.42 Å². The van der Waals surface area contributed by atoms with Crippen LogP contribution in [0.15, 0.2) is 82.6 Å². The van der Waals surface area contributed by atoms with Gasteiger partial charge in [-0.1, -0.05) is 66.7 Å². The standard InChI is InChI=1S/C25H23N3O5S/c1-17(22-27-28-23(33-22)21-13-8-14-34-21)32-24(29)20(15-18-9-4-2-5-10-18)26-25(30)31-16-19-11-6-3-7-12-19/h2-14,17,20H,15-16H2,1H3,(H,26,30)/t17?,20-/m0/s1. The normalized spacial score (nSPS) is 12.5. The quantitative estimate of drug-likeness (QED) is 0.341. The molecule has 0 fully saturated rings. The van der Waals surface area contributed by atoms with Gasteiger partial charge < -0.3 is 19.2 Å². The summed E-state index contributed by atoms with van der Waals surface area (Å²) in [5, 5.41) is 12.5. The van der Waals surface area contributed by atoms with Gasteiger partial charge in [0.15, 0.2) is 6.10 Å². The molecule has 2 aromatic carbocycles. The molecular formula is C25H23N3O5S. The Balaban J connectivity index is 1.41. The van der Waals surface area contributed by atoms with E-state index in [4.69, 9.17) is 13.9 Å². The fourth-order valence-electron chi connectivity index (χ4n) is 3.16. The number of carbonyl (C=O) groups excluding carboxylic acids is 2. The number of nitrogens with zero attached hydrogens (tertiary/aromatic N) is 2. The molecule has 0 spiro atoms. The van der Waals surface area contributed by atoms with Gasteiger partial charge in [-0.15, -0.1) is 21.5 Å². The molecule has 0 saturated heterocycles. The lowest BCUT2D eigenvalue weighted by molar-refractivity contribution is -0.152. The Morgan fingerprint density at radius 3 is 2.35 bits per heavy atom. The first-order chi connectivity index (χ1) is 16.6. The van der Waals surface area contributed by atoms with Gasteiger partial charge in [-0.3, -0.25) is 0 Å². The lowest BCUT2D eigenvalue weighted by Crippen LogP contribution is -2.43. The molecule has 0 bridgehead atoms. The lowest BCUT2D eigenvalue weighted by atomic mass is 10.1. The topological polar surface area (TPSA) is 104 Å². The SMILES string of the molecule is CC(OC(=O)[C@H](Cc1ccccc1)NC(=O)OCc1ccccc1)c1nnc(-c2cccs2)o1. The van der Waals surface area contributed by atoms with Crippen molar-refractivity contribution in [2.75, 3.05) is 0 Å². The highest BCUT2D eigenvalue weighted by atomic mass is 32.1. The number of aromatic nitrogens is 2. The number of nitrogens with one attached hydrogen (secondary N) is 1. The number of ether oxygens (including phenoxy) is 2. The average Bonchev–Trinajstić information content (AvgIpc) is 3.56. The molecule has 2 heterocycles. The van der Waals surface area contributed by atoms with Crippen LogP contribution in [0.25, 0.3) is 10.8 Å². The Hall–Kier alpha value is -3.98. The first kappa shape index (κ1) is 23.2. The van der Waals surface area contributed by atoms with Gasteiger partial charge in [0.2, 0.25) is 0 Å². The van der Waals surface area contributed by atoms with Crippen LogP contribution in [0.1, 0.15) is 30.0 Å². The van der Waals surface area contributed by atoms with Crippen molar-refractivity contribution in [3.63, 3.8) is 0 Å². The number of hydrogen-bond acceptors (Lipinski definition) is 8. The Morgan fingerprint density at radius 1 is 0.971 bits per heavy atom. The number of hydrogen-bond donors (Lipinski definition) is 1. The number of thiophene rings is 1. The Labute approximate surface area is 200 Å². The maximum Gasteiger partial charge on any atom is 0.408 e. The van der Waals surface area contributed by atoms with E-state index in [0.717, 1.165) is 16.0 Å². The number of alkyl carbamates (subject to hydrolysis) is 1. The molecule has 9 heteroatoms. The fourth-order valence-corrected chi connectivity index (χ4v) is 3.80. The molecule has 0 aliphatic heterocycles. The molecule has 1 unspecified atom stereocenters. The lowest BCUT2D eigenvalue weighted by Gasteiger charge is -2.19. The van der Waals surface area contributed by atoms with Crippen molar-refractivity contribution in [2.24, 2.45) is 0 Å². The van der Waals surface area contributed by atoms with E-state index in [1.807, 2.05) is 78.2 Å². The third-order valence-electron chi connectivity index (χ3n) is 4.89. The van der Waals surface area contributed by atoms with Gasteiger partial charge in [-0.25, -0.2) is 9.59 Å². The van der Waals surface area contributed by atoms with Crippen LogP contribution >= 0.6 is 11.3 Å². The Bertz CT molecular complexity index is 1200. The highest BCUT2D eigenvalue weighted by Gasteiger charge is 2.27. The van der Waals surface area contributed by atoms with Crippen molar-refractivity contribution in [1.29, 1.82) is 0 Å². The van der Waals surface area contributed by atoms with E-state index in [9.17, 15) is 9.59 Å². The molecule has 4 aromatic rings. The molecule has 2 atom stereocenters. The third kappa shape index (κ3) is 6.29. The van der Waals surface area contributed by atoms with Crippen molar-refractivity contribution in [3.8, 4) is 10.8 Å². The maximum atomic E-state index is 13.0. The van der Waals surface area contributed by atoms with Gasteiger partial charge in [0.25, 0.3) is 11.8 Å². The van der Waals surface area contributed by atoms with Crippen LogP contribution in [-0.4, -0.2) is 28.3 Å². The number of rotatable bonds is 9. The van der Waals surface area contributed by atoms with E-state index in [0.29, 0.717) is 5.89 Å². The second kappa shape index (κ2) is 11.2. The summed E-state index contributed by atoms with van der Waals surface area (Å²) in [6.45, 7) is 1.72. The van der Waals surface area contributed by atoms with E-state index in [1.54, 1.807) is 6.92 Å². The molecule has 4 rings (SSSR count). The van der Waals surface area contributed by atoms with Crippen LogP contribution in [0.3, 0.4) is 0 Å². The monoisotopic (exact) mass is 477 g/mol. The molecule has 8 nitrogen and oxygen atoms in total. The molecule has 34 heavy (non-hydrogen) atoms. The molecule has 0 aliphatic rings. The minimum atomic E-state index is -0.965.